The van der Waals surface area contributed by atoms with Gasteiger partial charge in [-0.25, -0.2) is 0 Å². The maximum Gasteiger partial charge on any atom is 0.154 e. The number of carbonyl (C=O) groups excluding carboxylic acids is 1. The molecule has 0 N–H and O–H groups in total. The number of piperazine rings is 3. The van der Waals surface area contributed by atoms with E-state index in [0.29, 0.717) is 5.78 Å². The fraction of sp³-hybridized carbons (Fsp3) is 0.917. The van der Waals surface area contributed by atoms with E-state index >= 15 is 0 Å². The molecule has 4 heteroatoms. The summed E-state index contributed by atoms with van der Waals surface area (Å²) in [5, 5.41) is 0. The van der Waals surface area contributed by atoms with Gasteiger partial charge in [-0.2, -0.15) is 0 Å². The predicted molar refractivity (Wildman–Crippen MR) is 60.4 cm³/mol. The third-order valence-corrected chi connectivity index (χ3v) is 4.23. The van der Waals surface area contributed by atoms with Crippen molar-refractivity contribution in [2.75, 3.05) is 45.9 Å². The highest BCUT2D eigenvalue weighted by Gasteiger charge is 2.39. The molecule has 0 amide bonds. The summed E-state index contributed by atoms with van der Waals surface area (Å²) in [6, 6.07) is 0.186. The Morgan fingerprint density at radius 2 is 1.75 bits per heavy atom. The standard InChI is InChI=1S/C12H20N2O2/c15-12(10-1-7-16-8-2-10)11-9-13-3-5-14(11)6-4-13/h10-11H,1-9H2. The molecule has 90 valence electrons. The van der Waals surface area contributed by atoms with E-state index in [0.717, 1.165) is 58.8 Å². The van der Waals surface area contributed by atoms with Crippen LogP contribution in [0.4, 0.5) is 0 Å². The highest BCUT2D eigenvalue weighted by atomic mass is 16.5. The van der Waals surface area contributed by atoms with Crippen molar-refractivity contribution in [2.45, 2.75) is 18.9 Å². The lowest BCUT2D eigenvalue weighted by molar-refractivity contribution is -0.136. The molecule has 0 aliphatic carbocycles. The highest BCUT2D eigenvalue weighted by molar-refractivity contribution is 5.86. The van der Waals surface area contributed by atoms with Gasteiger partial charge in [0.2, 0.25) is 0 Å². The molecule has 0 aromatic rings. The number of hydrogen-bond acceptors (Lipinski definition) is 4. The molecule has 0 spiro atoms. The highest BCUT2D eigenvalue weighted by Crippen LogP contribution is 2.23. The van der Waals surface area contributed by atoms with Crippen LogP contribution in [0, 0.1) is 5.92 Å². The smallest absolute Gasteiger partial charge is 0.154 e. The Kier molecular flexibility index (Phi) is 2.96. The van der Waals surface area contributed by atoms with Crippen LogP contribution in [0.25, 0.3) is 0 Å². The van der Waals surface area contributed by atoms with Gasteiger partial charge in [-0.3, -0.25) is 14.6 Å². The van der Waals surface area contributed by atoms with Gasteiger partial charge in [0.25, 0.3) is 0 Å². The largest absolute Gasteiger partial charge is 0.381 e. The molecule has 0 aromatic carbocycles. The van der Waals surface area contributed by atoms with Crippen LogP contribution in [0.15, 0.2) is 0 Å². The molecule has 0 saturated carbocycles. The van der Waals surface area contributed by atoms with Gasteiger partial charge in [-0.05, 0) is 12.8 Å². The summed E-state index contributed by atoms with van der Waals surface area (Å²) in [5.74, 6) is 0.743. The Hall–Kier alpha value is -0.450. The van der Waals surface area contributed by atoms with E-state index < -0.39 is 0 Å². The minimum absolute atomic E-state index is 0.186. The number of ether oxygens (including phenoxy) is 1. The molecule has 2 bridgehead atoms. The van der Waals surface area contributed by atoms with E-state index in [-0.39, 0.29) is 12.0 Å². The normalized spacial score (nSPS) is 39.9. The van der Waals surface area contributed by atoms with Crippen LogP contribution in [0.3, 0.4) is 0 Å². The van der Waals surface area contributed by atoms with Gasteiger partial charge in [-0.15, -0.1) is 0 Å². The summed E-state index contributed by atoms with van der Waals surface area (Å²) in [6.45, 7) is 6.98. The molecule has 4 nitrogen and oxygen atoms in total. The molecule has 4 aliphatic rings. The number of carbonyl (C=O) groups is 1. The van der Waals surface area contributed by atoms with Crippen LogP contribution in [0.1, 0.15) is 12.8 Å². The molecule has 4 fully saturated rings. The number of nitrogens with zero attached hydrogens (tertiary/aromatic N) is 2. The first-order valence-corrected chi connectivity index (χ1v) is 6.42. The lowest BCUT2D eigenvalue weighted by Crippen LogP contribution is -2.64. The molecule has 0 aromatic heterocycles. The number of ketones is 1. The lowest BCUT2D eigenvalue weighted by atomic mass is 9.88. The van der Waals surface area contributed by atoms with Crippen molar-refractivity contribution in [1.82, 2.24) is 9.80 Å². The predicted octanol–water partition coefficient (Wildman–Crippen LogP) is -0.0181. The van der Waals surface area contributed by atoms with Gasteiger partial charge in [0.15, 0.2) is 5.78 Å². The number of hydrogen-bond donors (Lipinski definition) is 0. The summed E-state index contributed by atoms with van der Waals surface area (Å²) < 4.78 is 5.32. The van der Waals surface area contributed by atoms with Crippen LogP contribution in [0.2, 0.25) is 0 Å². The number of rotatable bonds is 2. The van der Waals surface area contributed by atoms with Crippen LogP contribution in [-0.2, 0) is 9.53 Å². The molecule has 4 rings (SSSR count). The summed E-state index contributed by atoms with van der Waals surface area (Å²) in [7, 11) is 0. The second-order valence-electron chi connectivity index (χ2n) is 5.14. The second-order valence-corrected chi connectivity index (χ2v) is 5.14. The van der Waals surface area contributed by atoms with E-state index in [9.17, 15) is 4.79 Å². The molecule has 1 atom stereocenters. The minimum Gasteiger partial charge on any atom is -0.381 e. The van der Waals surface area contributed by atoms with Crippen LogP contribution in [0.5, 0.6) is 0 Å². The van der Waals surface area contributed by atoms with Crippen molar-refractivity contribution in [2.24, 2.45) is 5.92 Å². The molecule has 0 radical (unpaired) electrons. The SMILES string of the molecule is O=C(C1CCOCC1)C1CN2CCN1CC2. The van der Waals surface area contributed by atoms with Crippen molar-refractivity contribution in [3.05, 3.63) is 0 Å². The maximum absolute atomic E-state index is 12.4. The van der Waals surface area contributed by atoms with Crippen molar-refractivity contribution >= 4 is 5.78 Å². The average molecular weight is 224 g/mol. The van der Waals surface area contributed by atoms with E-state index in [1.165, 1.54) is 0 Å². The summed E-state index contributed by atoms with van der Waals surface area (Å²) in [6.07, 6.45) is 1.87. The maximum atomic E-state index is 12.4. The van der Waals surface area contributed by atoms with Crippen molar-refractivity contribution in [1.29, 1.82) is 0 Å². The van der Waals surface area contributed by atoms with Gasteiger partial charge in [-0.1, -0.05) is 0 Å². The number of Topliss-reactive ketones (excluding diaryl/α,β-unsaturated/α-hetero) is 1. The molecular weight excluding hydrogens is 204 g/mol. The average Bonchev–Trinajstić information content (AvgIpc) is 2.40. The topological polar surface area (TPSA) is 32.8 Å². The van der Waals surface area contributed by atoms with Gasteiger partial charge < -0.3 is 4.74 Å². The second kappa shape index (κ2) is 4.43. The van der Waals surface area contributed by atoms with E-state index in [4.69, 9.17) is 4.74 Å². The molecule has 4 heterocycles. The fourth-order valence-corrected chi connectivity index (χ4v) is 3.14. The molecular formula is C12H20N2O2. The van der Waals surface area contributed by atoms with Crippen LogP contribution >= 0.6 is 0 Å². The Labute approximate surface area is 96.5 Å². The van der Waals surface area contributed by atoms with Crippen molar-refractivity contribution < 1.29 is 9.53 Å². The van der Waals surface area contributed by atoms with Gasteiger partial charge in [0.05, 0.1) is 6.04 Å². The molecule has 1 unspecified atom stereocenters. The monoisotopic (exact) mass is 224 g/mol. The summed E-state index contributed by atoms with van der Waals surface area (Å²) >= 11 is 0. The first-order chi connectivity index (χ1) is 7.84. The Morgan fingerprint density at radius 3 is 2.31 bits per heavy atom. The van der Waals surface area contributed by atoms with Crippen molar-refractivity contribution in [3.8, 4) is 0 Å². The first-order valence-electron chi connectivity index (χ1n) is 6.42. The first kappa shape index (κ1) is 10.7. The zero-order valence-electron chi connectivity index (χ0n) is 9.73. The Bertz CT molecular complexity index is 268. The minimum atomic E-state index is 0.186. The summed E-state index contributed by atoms with van der Waals surface area (Å²) in [4.78, 5) is 17.2. The van der Waals surface area contributed by atoms with Crippen LogP contribution < -0.4 is 0 Å². The third kappa shape index (κ3) is 1.90. The van der Waals surface area contributed by atoms with E-state index in [2.05, 4.69) is 9.80 Å². The van der Waals surface area contributed by atoms with E-state index in [1.807, 2.05) is 0 Å². The zero-order valence-corrected chi connectivity index (χ0v) is 9.73. The molecule has 4 aliphatic heterocycles. The van der Waals surface area contributed by atoms with E-state index in [1.54, 1.807) is 0 Å². The third-order valence-electron chi connectivity index (χ3n) is 4.23. The van der Waals surface area contributed by atoms with Crippen molar-refractivity contribution in [3.63, 3.8) is 0 Å². The van der Waals surface area contributed by atoms with Gasteiger partial charge in [0.1, 0.15) is 0 Å². The van der Waals surface area contributed by atoms with Crippen LogP contribution in [-0.4, -0.2) is 67.6 Å². The zero-order chi connectivity index (χ0) is 11.0. The Balaban J connectivity index is 1.65. The quantitative estimate of drug-likeness (QED) is 0.660. The number of fused-ring (bicyclic) bond motifs is 3. The van der Waals surface area contributed by atoms with Gasteiger partial charge in [0, 0.05) is 51.9 Å². The lowest BCUT2D eigenvalue weighted by Gasteiger charge is -2.47. The fourth-order valence-electron chi connectivity index (χ4n) is 3.14. The van der Waals surface area contributed by atoms with Gasteiger partial charge >= 0.3 is 0 Å². The molecule has 16 heavy (non-hydrogen) atoms. The summed E-state index contributed by atoms with van der Waals surface area (Å²) in [5.41, 5.74) is 0. The Morgan fingerprint density at radius 1 is 1.06 bits per heavy atom. The molecule has 4 saturated heterocycles.